The molecule has 0 atom stereocenters. The Morgan fingerprint density at radius 1 is 1.12 bits per heavy atom. The maximum absolute atomic E-state index is 5.94. The minimum atomic E-state index is -2.42. The molecule has 2 N–H and O–H groups in total. The highest BCUT2D eigenvalue weighted by molar-refractivity contribution is 6.62. The Morgan fingerprint density at radius 3 is 2.06 bits per heavy atom. The van der Waals surface area contributed by atoms with Crippen LogP contribution in [-0.2, 0) is 8.85 Å². The van der Waals surface area contributed by atoms with E-state index < -0.39 is 8.88 Å². The maximum atomic E-state index is 5.94. The highest BCUT2D eigenvalue weighted by Crippen LogP contribution is 2.19. The first kappa shape index (κ1) is 15.1. The largest absolute Gasteiger partial charge is 0.517 e. The van der Waals surface area contributed by atoms with Crippen molar-refractivity contribution >= 4 is 8.88 Å². The number of hydrogen-bond donors (Lipinski definition) is 2. The van der Waals surface area contributed by atoms with Crippen molar-refractivity contribution in [1.82, 2.24) is 9.96 Å². The third-order valence-electron chi connectivity index (χ3n) is 2.92. The van der Waals surface area contributed by atoms with Crippen LogP contribution < -0.4 is 9.96 Å². The van der Waals surface area contributed by atoms with Crippen molar-refractivity contribution in [1.29, 1.82) is 0 Å². The highest BCUT2D eigenvalue weighted by atomic mass is 28.4. The van der Waals surface area contributed by atoms with E-state index in [9.17, 15) is 0 Å². The summed E-state index contributed by atoms with van der Waals surface area (Å²) in [6.07, 6.45) is 5.13. The van der Waals surface area contributed by atoms with E-state index in [1.807, 2.05) is 13.8 Å². The van der Waals surface area contributed by atoms with Gasteiger partial charge in [-0.05, 0) is 26.7 Å². The molecule has 0 saturated heterocycles. The standard InChI is InChI=1S/C12H28N2O2Si/c1-5-15-17(16-6-2,13-11(3)4)14-12-9-7-8-10-12/h11-14H,5-10H2,1-4H3. The summed E-state index contributed by atoms with van der Waals surface area (Å²) in [5.41, 5.74) is 0. The summed E-state index contributed by atoms with van der Waals surface area (Å²) < 4.78 is 11.9. The van der Waals surface area contributed by atoms with Crippen molar-refractivity contribution in [3.63, 3.8) is 0 Å². The van der Waals surface area contributed by atoms with Crippen molar-refractivity contribution in [2.45, 2.75) is 65.5 Å². The van der Waals surface area contributed by atoms with Crippen LogP contribution in [0.15, 0.2) is 0 Å². The summed E-state index contributed by atoms with van der Waals surface area (Å²) in [6.45, 7) is 9.70. The average Bonchev–Trinajstić information content (AvgIpc) is 2.69. The van der Waals surface area contributed by atoms with Gasteiger partial charge in [-0.15, -0.1) is 0 Å². The van der Waals surface area contributed by atoms with Crippen LogP contribution in [0.5, 0.6) is 0 Å². The van der Waals surface area contributed by atoms with Crippen LogP contribution in [0.2, 0.25) is 0 Å². The van der Waals surface area contributed by atoms with E-state index in [0.717, 1.165) is 0 Å². The SMILES string of the molecule is CCO[Si](NC(C)C)(NC1CCCC1)OCC. The van der Waals surface area contributed by atoms with Gasteiger partial charge in [0.15, 0.2) is 0 Å². The van der Waals surface area contributed by atoms with E-state index in [1.165, 1.54) is 25.7 Å². The lowest BCUT2D eigenvalue weighted by Crippen LogP contribution is -2.70. The maximum Gasteiger partial charge on any atom is 0.517 e. The van der Waals surface area contributed by atoms with Crippen molar-refractivity contribution < 1.29 is 8.85 Å². The third kappa shape index (κ3) is 5.05. The Bertz CT molecular complexity index is 203. The predicted molar refractivity (Wildman–Crippen MR) is 72.7 cm³/mol. The zero-order valence-corrected chi connectivity index (χ0v) is 12.7. The van der Waals surface area contributed by atoms with Gasteiger partial charge in [-0.2, -0.15) is 0 Å². The van der Waals surface area contributed by atoms with Crippen LogP contribution >= 0.6 is 0 Å². The second kappa shape index (κ2) is 7.48. The van der Waals surface area contributed by atoms with Gasteiger partial charge >= 0.3 is 8.88 Å². The van der Waals surface area contributed by atoms with Gasteiger partial charge in [-0.1, -0.05) is 26.7 Å². The molecule has 0 radical (unpaired) electrons. The van der Waals surface area contributed by atoms with Gasteiger partial charge < -0.3 is 8.85 Å². The fourth-order valence-electron chi connectivity index (χ4n) is 2.38. The summed E-state index contributed by atoms with van der Waals surface area (Å²) in [5, 5.41) is 0. The van der Waals surface area contributed by atoms with Gasteiger partial charge in [-0.25, -0.2) is 0 Å². The molecule has 5 heteroatoms. The molecule has 0 amide bonds. The Kier molecular flexibility index (Phi) is 6.65. The average molecular weight is 260 g/mol. The molecule has 0 bridgehead atoms. The molecule has 0 spiro atoms. The van der Waals surface area contributed by atoms with Crippen LogP contribution in [0, 0.1) is 0 Å². The number of nitrogens with one attached hydrogen (secondary N) is 2. The summed E-state index contributed by atoms with van der Waals surface area (Å²) in [6, 6.07) is 0.930. The normalized spacial score (nSPS) is 18.2. The lowest BCUT2D eigenvalue weighted by molar-refractivity contribution is 0.151. The Morgan fingerprint density at radius 2 is 1.65 bits per heavy atom. The third-order valence-corrected chi connectivity index (χ3v) is 6.06. The molecule has 0 unspecified atom stereocenters. The van der Waals surface area contributed by atoms with E-state index in [4.69, 9.17) is 8.85 Å². The van der Waals surface area contributed by atoms with Crippen molar-refractivity contribution in [2.75, 3.05) is 13.2 Å². The molecule has 4 nitrogen and oxygen atoms in total. The molecule has 1 rings (SSSR count). The number of rotatable bonds is 8. The van der Waals surface area contributed by atoms with E-state index in [0.29, 0.717) is 25.3 Å². The summed E-state index contributed by atoms with van der Waals surface area (Å²) in [4.78, 5) is 7.15. The minimum absolute atomic E-state index is 0.369. The van der Waals surface area contributed by atoms with Crippen molar-refractivity contribution in [3.8, 4) is 0 Å². The molecule has 0 aromatic carbocycles. The minimum Gasteiger partial charge on any atom is -0.371 e. The van der Waals surface area contributed by atoms with Crippen LogP contribution in [0.25, 0.3) is 0 Å². The van der Waals surface area contributed by atoms with Crippen molar-refractivity contribution in [2.24, 2.45) is 0 Å². The Labute approximate surface area is 107 Å². The second-order valence-electron chi connectivity index (χ2n) is 4.91. The van der Waals surface area contributed by atoms with E-state index >= 15 is 0 Å². The quantitative estimate of drug-likeness (QED) is 0.655. The Hall–Kier alpha value is 0.0569. The first-order valence-electron chi connectivity index (χ1n) is 6.95. The molecule has 102 valence electrons. The van der Waals surface area contributed by atoms with Gasteiger partial charge in [-0.3, -0.25) is 9.96 Å². The van der Waals surface area contributed by atoms with Gasteiger partial charge in [0, 0.05) is 25.3 Å². The summed E-state index contributed by atoms with van der Waals surface area (Å²) in [5.74, 6) is 0. The Balaban J connectivity index is 2.64. The predicted octanol–water partition coefficient (Wildman–Crippen LogP) is 2.03. The molecule has 1 saturated carbocycles. The van der Waals surface area contributed by atoms with E-state index in [-0.39, 0.29) is 0 Å². The van der Waals surface area contributed by atoms with Gasteiger partial charge in [0.05, 0.1) is 0 Å². The highest BCUT2D eigenvalue weighted by Gasteiger charge is 2.42. The van der Waals surface area contributed by atoms with E-state index in [2.05, 4.69) is 23.8 Å². The zero-order chi connectivity index (χ0) is 12.7. The summed E-state index contributed by atoms with van der Waals surface area (Å²) >= 11 is 0. The van der Waals surface area contributed by atoms with Crippen LogP contribution in [0.1, 0.15) is 53.4 Å². The molecule has 0 heterocycles. The van der Waals surface area contributed by atoms with Crippen molar-refractivity contribution in [3.05, 3.63) is 0 Å². The fourth-order valence-corrected chi connectivity index (χ4v) is 5.27. The molecule has 0 aromatic rings. The fraction of sp³-hybridized carbons (Fsp3) is 1.00. The molecular weight excluding hydrogens is 232 g/mol. The van der Waals surface area contributed by atoms with Gasteiger partial charge in [0.25, 0.3) is 0 Å². The zero-order valence-electron chi connectivity index (χ0n) is 11.7. The molecule has 0 aromatic heterocycles. The van der Waals surface area contributed by atoms with Crippen LogP contribution in [0.4, 0.5) is 0 Å². The molecule has 17 heavy (non-hydrogen) atoms. The lowest BCUT2D eigenvalue weighted by atomic mass is 10.3. The van der Waals surface area contributed by atoms with Gasteiger partial charge in [0.2, 0.25) is 0 Å². The second-order valence-corrected chi connectivity index (χ2v) is 7.30. The number of hydrogen-bond acceptors (Lipinski definition) is 4. The lowest BCUT2D eigenvalue weighted by Gasteiger charge is -2.34. The molecule has 0 aliphatic heterocycles. The van der Waals surface area contributed by atoms with Crippen LogP contribution in [0.3, 0.4) is 0 Å². The van der Waals surface area contributed by atoms with Gasteiger partial charge in [0.1, 0.15) is 0 Å². The molecule has 1 aliphatic carbocycles. The first-order chi connectivity index (χ1) is 8.12. The first-order valence-corrected chi connectivity index (χ1v) is 8.76. The van der Waals surface area contributed by atoms with E-state index in [1.54, 1.807) is 0 Å². The van der Waals surface area contributed by atoms with Crippen LogP contribution in [-0.4, -0.2) is 34.2 Å². The monoisotopic (exact) mass is 260 g/mol. The topological polar surface area (TPSA) is 42.5 Å². The molecule has 1 aliphatic rings. The smallest absolute Gasteiger partial charge is 0.371 e. The summed E-state index contributed by atoms with van der Waals surface area (Å²) in [7, 11) is -2.42. The molecule has 1 fully saturated rings. The molecular formula is C12H28N2O2Si.